The number of rotatable bonds is 5. The van der Waals surface area contributed by atoms with Crippen molar-refractivity contribution in [2.24, 2.45) is 5.10 Å². The Labute approximate surface area is 151 Å². The van der Waals surface area contributed by atoms with Crippen LogP contribution in [0, 0.1) is 13.8 Å². The quantitative estimate of drug-likeness (QED) is 0.547. The molecule has 2 aromatic carbocycles. The second kappa shape index (κ2) is 7.65. The van der Waals surface area contributed by atoms with Gasteiger partial charge in [-0.05, 0) is 66.9 Å². The van der Waals surface area contributed by atoms with Crippen LogP contribution in [0.25, 0.3) is 11.3 Å². The Morgan fingerprint density at radius 2 is 1.88 bits per heavy atom. The van der Waals surface area contributed by atoms with E-state index < -0.39 is 0 Å². The van der Waals surface area contributed by atoms with E-state index in [-0.39, 0.29) is 5.91 Å². The average molecular weight is 348 g/mol. The van der Waals surface area contributed by atoms with Crippen molar-refractivity contribution in [3.63, 3.8) is 0 Å². The Bertz CT molecular complexity index is 943. The second-order valence-corrected chi connectivity index (χ2v) is 5.94. The molecule has 0 bridgehead atoms. The van der Waals surface area contributed by atoms with Crippen LogP contribution < -0.4 is 10.2 Å². The first kappa shape index (κ1) is 17.4. The summed E-state index contributed by atoms with van der Waals surface area (Å²) in [5, 5.41) is 10.9. The van der Waals surface area contributed by atoms with Gasteiger partial charge in [-0.25, -0.2) is 5.43 Å². The minimum absolute atomic E-state index is 0.350. The van der Waals surface area contributed by atoms with E-state index in [1.54, 1.807) is 19.4 Å². The zero-order valence-corrected chi connectivity index (χ0v) is 14.9. The van der Waals surface area contributed by atoms with Crippen molar-refractivity contribution < 1.29 is 9.53 Å². The van der Waals surface area contributed by atoms with Gasteiger partial charge in [0.15, 0.2) is 0 Å². The van der Waals surface area contributed by atoms with E-state index in [1.807, 2.05) is 43.3 Å². The molecular weight excluding hydrogens is 328 g/mol. The van der Waals surface area contributed by atoms with E-state index in [0.29, 0.717) is 5.69 Å². The molecular formula is C20H20N4O2. The highest BCUT2D eigenvalue weighted by Gasteiger charge is 2.10. The van der Waals surface area contributed by atoms with Crippen molar-refractivity contribution in [3.8, 4) is 17.0 Å². The molecule has 1 amide bonds. The first-order valence-electron chi connectivity index (χ1n) is 8.17. The Hall–Kier alpha value is -3.41. The molecule has 6 nitrogen and oxygen atoms in total. The lowest BCUT2D eigenvalue weighted by Crippen LogP contribution is -2.17. The number of hydrogen-bond acceptors (Lipinski definition) is 4. The number of hydrogen-bond donors (Lipinski definition) is 2. The van der Waals surface area contributed by atoms with Crippen LogP contribution in [-0.2, 0) is 0 Å². The third-order valence-electron chi connectivity index (χ3n) is 4.12. The summed E-state index contributed by atoms with van der Waals surface area (Å²) >= 11 is 0. The van der Waals surface area contributed by atoms with Crippen LogP contribution in [0.15, 0.2) is 53.6 Å². The lowest BCUT2D eigenvalue weighted by atomic mass is 10.0. The molecule has 0 aliphatic heterocycles. The van der Waals surface area contributed by atoms with Crippen molar-refractivity contribution in [1.29, 1.82) is 0 Å². The summed E-state index contributed by atoms with van der Waals surface area (Å²) in [6, 6.07) is 15.1. The van der Waals surface area contributed by atoms with Gasteiger partial charge in [0.2, 0.25) is 0 Å². The van der Waals surface area contributed by atoms with Crippen molar-refractivity contribution >= 4 is 12.1 Å². The highest BCUT2D eigenvalue weighted by atomic mass is 16.5. The monoisotopic (exact) mass is 348 g/mol. The molecule has 1 aromatic heterocycles. The van der Waals surface area contributed by atoms with E-state index in [4.69, 9.17) is 4.74 Å². The van der Waals surface area contributed by atoms with Gasteiger partial charge in [-0.2, -0.15) is 10.2 Å². The lowest BCUT2D eigenvalue weighted by molar-refractivity contribution is 0.0950. The smallest absolute Gasteiger partial charge is 0.289 e. The van der Waals surface area contributed by atoms with Gasteiger partial charge in [0.05, 0.1) is 19.0 Å². The van der Waals surface area contributed by atoms with Gasteiger partial charge >= 0.3 is 0 Å². The van der Waals surface area contributed by atoms with Crippen LogP contribution >= 0.6 is 0 Å². The largest absolute Gasteiger partial charge is 0.497 e. The normalized spacial score (nSPS) is 10.9. The van der Waals surface area contributed by atoms with Crippen LogP contribution in [0.5, 0.6) is 5.75 Å². The molecule has 1 heterocycles. The van der Waals surface area contributed by atoms with Crippen molar-refractivity contribution in [1.82, 2.24) is 15.6 Å². The molecule has 0 radical (unpaired) electrons. The summed E-state index contributed by atoms with van der Waals surface area (Å²) in [5.74, 6) is 0.417. The topological polar surface area (TPSA) is 79.4 Å². The number of H-pyrrole nitrogens is 1. The molecule has 0 atom stereocenters. The number of amides is 1. The number of hydrazone groups is 1. The summed E-state index contributed by atoms with van der Waals surface area (Å²) in [4.78, 5) is 12.2. The molecule has 0 saturated carbocycles. The number of nitrogens with zero attached hydrogens (tertiary/aromatic N) is 2. The number of carbonyl (C=O) groups excluding carboxylic acids is 1. The van der Waals surface area contributed by atoms with Gasteiger partial charge in [-0.15, -0.1) is 0 Å². The number of methoxy groups -OCH3 is 1. The maximum Gasteiger partial charge on any atom is 0.289 e. The fourth-order valence-electron chi connectivity index (χ4n) is 2.40. The second-order valence-electron chi connectivity index (χ2n) is 5.94. The summed E-state index contributed by atoms with van der Waals surface area (Å²) in [5.41, 5.74) is 7.78. The SMILES string of the molecule is COc1ccc(C=NNC(=O)c2cc(-c3ccc(C)c(C)c3)n[nH]2)cc1. The molecule has 3 rings (SSSR count). The van der Waals surface area contributed by atoms with E-state index in [9.17, 15) is 4.79 Å². The van der Waals surface area contributed by atoms with Crippen LogP contribution in [0.1, 0.15) is 27.2 Å². The van der Waals surface area contributed by atoms with Gasteiger partial charge in [-0.3, -0.25) is 9.89 Å². The Morgan fingerprint density at radius 1 is 1.12 bits per heavy atom. The highest BCUT2D eigenvalue weighted by Crippen LogP contribution is 2.20. The Kier molecular flexibility index (Phi) is 5.12. The summed E-state index contributed by atoms with van der Waals surface area (Å²) in [6.07, 6.45) is 1.57. The van der Waals surface area contributed by atoms with Gasteiger partial charge < -0.3 is 4.74 Å². The Balaban J connectivity index is 1.65. The number of carbonyl (C=O) groups is 1. The van der Waals surface area contributed by atoms with Gasteiger partial charge in [0.25, 0.3) is 5.91 Å². The highest BCUT2D eigenvalue weighted by molar-refractivity contribution is 5.94. The number of aromatic nitrogens is 2. The zero-order valence-electron chi connectivity index (χ0n) is 14.9. The van der Waals surface area contributed by atoms with Gasteiger partial charge in [0, 0.05) is 5.56 Å². The molecule has 0 unspecified atom stereocenters. The molecule has 132 valence electrons. The zero-order chi connectivity index (χ0) is 18.5. The number of nitrogens with one attached hydrogen (secondary N) is 2. The van der Waals surface area contributed by atoms with Crippen molar-refractivity contribution in [2.45, 2.75) is 13.8 Å². The molecule has 0 saturated heterocycles. The van der Waals surface area contributed by atoms with E-state index in [0.717, 1.165) is 22.6 Å². The summed E-state index contributed by atoms with van der Waals surface area (Å²) < 4.78 is 5.10. The molecule has 2 N–H and O–H groups in total. The number of aryl methyl sites for hydroxylation is 2. The number of aromatic amines is 1. The van der Waals surface area contributed by atoms with E-state index in [1.165, 1.54) is 11.1 Å². The molecule has 0 spiro atoms. The lowest BCUT2D eigenvalue weighted by Gasteiger charge is -2.01. The molecule has 6 heteroatoms. The van der Waals surface area contributed by atoms with Crippen LogP contribution in [0.2, 0.25) is 0 Å². The fraction of sp³-hybridized carbons (Fsp3) is 0.150. The van der Waals surface area contributed by atoms with Crippen LogP contribution in [-0.4, -0.2) is 29.4 Å². The fourth-order valence-corrected chi connectivity index (χ4v) is 2.40. The summed E-state index contributed by atoms with van der Waals surface area (Å²) in [6.45, 7) is 4.11. The molecule has 26 heavy (non-hydrogen) atoms. The van der Waals surface area contributed by atoms with E-state index >= 15 is 0 Å². The predicted molar refractivity (Wildman–Crippen MR) is 102 cm³/mol. The van der Waals surface area contributed by atoms with Crippen molar-refractivity contribution in [3.05, 3.63) is 70.9 Å². The third kappa shape index (κ3) is 3.97. The number of benzene rings is 2. The molecule has 0 fully saturated rings. The molecule has 3 aromatic rings. The van der Waals surface area contributed by atoms with Crippen molar-refractivity contribution in [2.75, 3.05) is 7.11 Å². The standard InChI is InChI=1S/C20H20N4O2/c1-13-4-7-16(10-14(13)2)18-11-19(23-22-18)20(25)24-21-12-15-5-8-17(26-3)9-6-15/h4-12H,1-3H3,(H,22,23)(H,24,25). The first-order chi connectivity index (χ1) is 12.6. The summed E-state index contributed by atoms with van der Waals surface area (Å²) in [7, 11) is 1.61. The van der Waals surface area contributed by atoms with Gasteiger partial charge in [-0.1, -0.05) is 12.1 Å². The molecule has 0 aliphatic carbocycles. The average Bonchev–Trinajstić information content (AvgIpc) is 3.15. The third-order valence-corrected chi connectivity index (χ3v) is 4.12. The minimum atomic E-state index is -0.350. The predicted octanol–water partition coefficient (Wildman–Crippen LogP) is 3.47. The minimum Gasteiger partial charge on any atom is -0.497 e. The first-order valence-corrected chi connectivity index (χ1v) is 8.17. The maximum absolute atomic E-state index is 12.2. The Morgan fingerprint density at radius 3 is 2.58 bits per heavy atom. The van der Waals surface area contributed by atoms with E-state index in [2.05, 4.69) is 33.7 Å². The number of ether oxygens (including phenoxy) is 1. The van der Waals surface area contributed by atoms with Crippen LogP contribution in [0.3, 0.4) is 0 Å². The maximum atomic E-state index is 12.2. The van der Waals surface area contributed by atoms with Gasteiger partial charge in [0.1, 0.15) is 11.4 Å². The molecule has 0 aliphatic rings. The van der Waals surface area contributed by atoms with Crippen LogP contribution in [0.4, 0.5) is 0 Å².